The van der Waals surface area contributed by atoms with Gasteiger partial charge in [-0.15, -0.1) is 0 Å². The minimum Gasteiger partial charge on any atom is -0.336 e. The van der Waals surface area contributed by atoms with Crippen molar-refractivity contribution >= 4 is 0 Å². The van der Waals surface area contributed by atoms with Gasteiger partial charge in [-0.05, 0) is 44.1 Å². The first-order valence-electron chi connectivity index (χ1n) is 8.22. The summed E-state index contributed by atoms with van der Waals surface area (Å²) in [4.78, 5) is 4.42. The summed E-state index contributed by atoms with van der Waals surface area (Å²) in [6, 6.07) is 6.73. The van der Waals surface area contributed by atoms with Gasteiger partial charge in [0, 0.05) is 18.0 Å². The highest BCUT2D eigenvalue weighted by Gasteiger charge is 2.42. The van der Waals surface area contributed by atoms with Crippen molar-refractivity contribution in [2.45, 2.75) is 24.6 Å². The van der Waals surface area contributed by atoms with Crippen LogP contribution in [0.15, 0.2) is 47.2 Å². The Kier molecular flexibility index (Phi) is 4.03. The summed E-state index contributed by atoms with van der Waals surface area (Å²) in [7, 11) is 0. The summed E-state index contributed by atoms with van der Waals surface area (Å²) in [5, 5.41) is 11.5. The van der Waals surface area contributed by atoms with Crippen LogP contribution in [0.4, 0.5) is 13.2 Å². The molecule has 0 atom stereocenters. The SMILES string of the molecule is FC(F)(F)c1cccc(-c2noc(C3(n4cccn4)CCNCC3)n2)c1. The molecule has 4 rings (SSSR count). The molecule has 3 heterocycles. The Balaban J connectivity index is 1.73. The van der Waals surface area contributed by atoms with Crippen LogP contribution in [0, 0.1) is 0 Å². The van der Waals surface area contributed by atoms with Crippen molar-refractivity contribution in [3.63, 3.8) is 0 Å². The van der Waals surface area contributed by atoms with Crippen LogP contribution in [0.5, 0.6) is 0 Å². The van der Waals surface area contributed by atoms with Gasteiger partial charge in [0.25, 0.3) is 5.89 Å². The molecule has 0 spiro atoms. The Bertz CT molecular complexity index is 882. The van der Waals surface area contributed by atoms with Crippen LogP contribution in [-0.4, -0.2) is 33.0 Å². The third kappa shape index (κ3) is 2.88. The van der Waals surface area contributed by atoms with Crippen molar-refractivity contribution < 1.29 is 17.7 Å². The third-order valence-corrected chi connectivity index (χ3v) is 4.65. The highest BCUT2D eigenvalue weighted by molar-refractivity contribution is 5.56. The molecule has 0 amide bonds. The Labute approximate surface area is 147 Å². The molecule has 1 aromatic carbocycles. The quantitative estimate of drug-likeness (QED) is 0.775. The molecule has 1 aliphatic heterocycles. The van der Waals surface area contributed by atoms with E-state index in [2.05, 4.69) is 20.6 Å². The molecule has 0 radical (unpaired) electrons. The van der Waals surface area contributed by atoms with E-state index in [0.29, 0.717) is 18.7 Å². The zero-order chi connectivity index (χ0) is 18.2. The van der Waals surface area contributed by atoms with Crippen LogP contribution < -0.4 is 5.32 Å². The lowest BCUT2D eigenvalue weighted by Gasteiger charge is -2.34. The topological polar surface area (TPSA) is 68.8 Å². The maximum absolute atomic E-state index is 12.9. The molecule has 9 heteroatoms. The van der Waals surface area contributed by atoms with Gasteiger partial charge in [-0.25, -0.2) is 0 Å². The standard InChI is InChI=1S/C17H16F3N5O/c18-17(19,20)13-4-1-3-12(11-13)14-23-15(26-24-14)16(5-8-21-9-6-16)25-10-2-7-22-25/h1-4,7,10-11,21H,5-6,8-9H2. The number of benzene rings is 1. The fourth-order valence-corrected chi connectivity index (χ4v) is 3.27. The first-order chi connectivity index (χ1) is 12.5. The normalized spacial score (nSPS) is 17.3. The van der Waals surface area contributed by atoms with Crippen LogP contribution in [-0.2, 0) is 11.7 Å². The van der Waals surface area contributed by atoms with Crippen LogP contribution in [0.2, 0.25) is 0 Å². The van der Waals surface area contributed by atoms with E-state index in [-0.39, 0.29) is 11.4 Å². The van der Waals surface area contributed by atoms with Gasteiger partial charge in [0.15, 0.2) is 0 Å². The summed E-state index contributed by atoms with van der Waals surface area (Å²) < 4.78 is 46.1. The fraction of sp³-hybridized carbons (Fsp3) is 0.353. The maximum Gasteiger partial charge on any atom is 0.416 e. The molecule has 1 saturated heterocycles. The number of rotatable bonds is 3. The molecule has 136 valence electrons. The zero-order valence-electron chi connectivity index (χ0n) is 13.7. The Morgan fingerprint density at radius 2 is 1.96 bits per heavy atom. The van der Waals surface area contributed by atoms with Crippen molar-refractivity contribution in [2.75, 3.05) is 13.1 Å². The number of nitrogens with zero attached hydrogens (tertiary/aromatic N) is 4. The number of halogens is 3. The van der Waals surface area contributed by atoms with Crippen LogP contribution in [0.1, 0.15) is 24.3 Å². The van der Waals surface area contributed by atoms with Gasteiger partial charge in [0.1, 0.15) is 5.54 Å². The monoisotopic (exact) mass is 363 g/mol. The fourth-order valence-electron chi connectivity index (χ4n) is 3.27. The Morgan fingerprint density at radius 1 is 1.15 bits per heavy atom. The largest absolute Gasteiger partial charge is 0.416 e. The van der Waals surface area contributed by atoms with E-state index in [4.69, 9.17) is 4.52 Å². The predicted molar refractivity (Wildman–Crippen MR) is 86.1 cm³/mol. The molecule has 0 saturated carbocycles. The van der Waals surface area contributed by atoms with Crippen molar-refractivity contribution in [1.82, 2.24) is 25.2 Å². The molecule has 3 aromatic rings. The van der Waals surface area contributed by atoms with Crippen LogP contribution in [0.25, 0.3) is 11.4 Å². The van der Waals surface area contributed by atoms with E-state index >= 15 is 0 Å². The average Bonchev–Trinajstić information content (AvgIpc) is 3.34. The number of nitrogens with one attached hydrogen (secondary N) is 1. The van der Waals surface area contributed by atoms with Crippen molar-refractivity contribution in [1.29, 1.82) is 0 Å². The predicted octanol–water partition coefficient (Wildman–Crippen LogP) is 3.08. The van der Waals surface area contributed by atoms with E-state index < -0.39 is 17.3 Å². The minimum atomic E-state index is -4.42. The van der Waals surface area contributed by atoms with Gasteiger partial charge in [-0.1, -0.05) is 17.3 Å². The lowest BCUT2D eigenvalue weighted by atomic mass is 9.88. The summed E-state index contributed by atoms with van der Waals surface area (Å²) in [6.07, 6.45) is 0.471. The smallest absolute Gasteiger partial charge is 0.336 e. The van der Waals surface area contributed by atoms with Gasteiger partial charge in [0.2, 0.25) is 5.82 Å². The molecule has 6 nitrogen and oxygen atoms in total. The van der Waals surface area contributed by atoms with E-state index in [0.717, 1.165) is 25.2 Å². The Morgan fingerprint density at radius 3 is 2.65 bits per heavy atom. The van der Waals surface area contributed by atoms with Crippen LogP contribution in [0.3, 0.4) is 0 Å². The molecule has 26 heavy (non-hydrogen) atoms. The number of alkyl halides is 3. The minimum absolute atomic E-state index is 0.135. The average molecular weight is 363 g/mol. The molecule has 1 aliphatic rings. The molecule has 0 unspecified atom stereocenters. The first-order valence-corrected chi connectivity index (χ1v) is 8.22. The highest BCUT2D eigenvalue weighted by atomic mass is 19.4. The van der Waals surface area contributed by atoms with Gasteiger partial charge in [-0.2, -0.15) is 23.3 Å². The summed E-state index contributed by atoms with van der Waals surface area (Å²) in [5.41, 5.74) is -1.08. The molecular weight excluding hydrogens is 347 g/mol. The summed E-state index contributed by atoms with van der Waals surface area (Å²) >= 11 is 0. The number of hydrogen-bond donors (Lipinski definition) is 1. The Hall–Kier alpha value is -2.68. The molecule has 1 fully saturated rings. The second kappa shape index (κ2) is 6.24. The van der Waals surface area contributed by atoms with E-state index in [9.17, 15) is 13.2 Å². The van der Waals surface area contributed by atoms with E-state index in [1.54, 1.807) is 10.9 Å². The number of aromatic nitrogens is 4. The first kappa shape index (κ1) is 16.8. The number of hydrogen-bond acceptors (Lipinski definition) is 5. The van der Waals surface area contributed by atoms with E-state index in [1.165, 1.54) is 12.1 Å². The molecule has 0 bridgehead atoms. The molecule has 0 aliphatic carbocycles. The zero-order valence-corrected chi connectivity index (χ0v) is 13.7. The molecular formula is C17H16F3N5O. The lowest BCUT2D eigenvalue weighted by Crippen LogP contribution is -2.45. The molecule has 1 N–H and O–H groups in total. The second-order valence-corrected chi connectivity index (χ2v) is 6.23. The van der Waals surface area contributed by atoms with Crippen LogP contribution >= 0.6 is 0 Å². The lowest BCUT2D eigenvalue weighted by molar-refractivity contribution is -0.137. The van der Waals surface area contributed by atoms with Gasteiger partial charge < -0.3 is 9.84 Å². The second-order valence-electron chi connectivity index (χ2n) is 6.23. The number of piperidine rings is 1. The maximum atomic E-state index is 12.9. The van der Waals surface area contributed by atoms with Gasteiger partial charge in [0.05, 0.1) is 5.56 Å². The van der Waals surface area contributed by atoms with Gasteiger partial charge in [-0.3, -0.25) is 4.68 Å². The van der Waals surface area contributed by atoms with Crippen molar-refractivity contribution in [3.05, 3.63) is 54.2 Å². The van der Waals surface area contributed by atoms with Crippen molar-refractivity contribution in [2.24, 2.45) is 0 Å². The van der Waals surface area contributed by atoms with E-state index in [1.807, 2.05) is 12.3 Å². The van der Waals surface area contributed by atoms with Gasteiger partial charge >= 0.3 is 6.18 Å². The summed E-state index contributed by atoms with van der Waals surface area (Å²) in [6.45, 7) is 1.50. The van der Waals surface area contributed by atoms with Crippen molar-refractivity contribution in [3.8, 4) is 11.4 Å². The highest BCUT2D eigenvalue weighted by Crippen LogP contribution is 2.35. The molecule has 2 aromatic heterocycles. The summed E-state index contributed by atoms with van der Waals surface area (Å²) in [5.74, 6) is 0.492. The third-order valence-electron chi connectivity index (χ3n) is 4.65.